The SMILES string of the molecule is [CH2]c1ccccc1C(C)[CH]OC(=O)CCC(=O)OC. The van der Waals surface area contributed by atoms with Gasteiger partial charge in [0, 0.05) is 5.92 Å². The fourth-order valence-corrected chi connectivity index (χ4v) is 1.59. The highest BCUT2D eigenvalue weighted by Crippen LogP contribution is 2.22. The van der Waals surface area contributed by atoms with Crippen LogP contribution in [0.25, 0.3) is 0 Å². The highest BCUT2D eigenvalue weighted by molar-refractivity contribution is 5.77. The van der Waals surface area contributed by atoms with Gasteiger partial charge in [-0.3, -0.25) is 9.59 Å². The molecule has 1 rings (SSSR count). The molecule has 102 valence electrons. The van der Waals surface area contributed by atoms with E-state index in [0.717, 1.165) is 11.1 Å². The molecule has 0 amide bonds. The number of rotatable bonds is 6. The predicted octanol–water partition coefficient (Wildman–Crippen LogP) is 2.63. The molecule has 1 atom stereocenters. The third-order valence-corrected chi connectivity index (χ3v) is 2.71. The zero-order chi connectivity index (χ0) is 14.3. The number of methoxy groups -OCH3 is 1. The molecule has 0 aromatic heterocycles. The normalized spacial score (nSPS) is 11.7. The highest BCUT2D eigenvalue weighted by atomic mass is 16.5. The van der Waals surface area contributed by atoms with Crippen molar-refractivity contribution in [3.63, 3.8) is 0 Å². The summed E-state index contributed by atoms with van der Waals surface area (Å²) in [7, 11) is 1.28. The van der Waals surface area contributed by atoms with E-state index in [-0.39, 0.29) is 18.8 Å². The molecule has 0 fully saturated rings. The monoisotopic (exact) mass is 262 g/mol. The first-order chi connectivity index (χ1) is 9.04. The molecule has 0 aliphatic heterocycles. The van der Waals surface area contributed by atoms with Crippen molar-refractivity contribution in [1.82, 2.24) is 0 Å². The standard InChI is InChI=1S/C15H18O4/c1-11-6-4-5-7-13(11)12(2)10-19-15(17)9-8-14(16)18-3/h4-7,10,12H,1,8-9H2,2-3H3. The number of ether oxygens (including phenoxy) is 2. The van der Waals surface area contributed by atoms with Crippen molar-refractivity contribution >= 4 is 11.9 Å². The molecule has 0 aliphatic rings. The Bertz CT molecular complexity index is 440. The lowest BCUT2D eigenvalue weighted by Crippen LogP contribution is -2.10. The van der Waals surface area contributed by atoms with E-state index < -0.39 is 11.9 Å². The molecule has 0 saturated carbocycles. The summed E-state index contributed by atoms with van der Waals surface area (Å²) >= 11 is 0. The Balaban J connectivity index is 2.38. The molecule has 0 heterocycles. The number of esters is 2. The van der Waals surface area contributed by atoms with Crippen LogP contribution >= 0.6 is 0 Å². The van der Waals surface area contributed by atoms with Gasteiger partial charge in [-0.05, 0) is 18.1 Å². The molecule has 1 aromatic rings. The molecule has 0 saturated heterocycles. The third kappa shape index (κ3) is 5.12. The molecule has 0 bridgehead atoms. The van der Waals surface area contributed by atoms with E-state index in [2.05, 4.69) is 11.7 Å². The van der Waals surface area contributed by atoms with Gasteiger partial charge in [0.2, 0.25) is 0 Å². The van der Waals surface area contributed by atoms with Crippen LogP contribution in [0.2, 0.25) is 0 Å². The first-order valence-corrected chi connectivity index (χ1v) is 6.05. The Labute approximate surface area is 113 Å². The van der Waals surface area contributed by atoms with Gasteiger partial charge >= 0.3 is 11.9 Å². The minimum atomic E-state index is -0.446. The van der Waals surface area contributed by atoms with Gasteiger partial charge in [0.1, 0.15) is 6.61 Å². The Morgan fingerprint density at radius 2 is 1.89 bits per heavy atom. The van der Waals surface area contributed by atoms with Crippen molar-refractivity contribution in [3.8, 4) is 0 Å². The second-order valence-electron chi connectivity index (χ2n) is 4.19. The quantitative estimate of drug-likeness (QED) is 0.739. The molecule has 1 unspecified atom stereocenters. The average molecular weight is 262 g/mol. The van der Waals surface area contributed by atoms with Crippen LogP contribution in [-0.2, 0) is 19.1 Å². The number of hydrogen-bond donors (Lipinski definition) is 0. The van der Waals surface area contributed by atoms with Crippen LogP contribution in [0.4, 0.5) is 0 Å². The minimum Gasteiger partial charge on any atom is -0.469 e. The fraction of sp³-hybridized carbons (Fsp3) is 0.333. The van der Waals surface area contributed by atoms with Crippen molar-refractivity contribution in [3.05, 3.63) is 48.9 Å². The lowest BCUT2D eigenvalue weighted by atomic mass is 9.97. The largest absolute Gasteiger partial charge is 0.469 e. The van der Waals surface area contributed by atoms with Crippen molar-refractivity contribution in [1.29, 1.82) is 0 Å². The van der Waals surface area contributed by atoms with E-state index >= 15 is 0 Å². The van der Waals surface area contributed by atoms with E-state index in [9.17, 15) is 9.59 Å². The van der Waals surface area contributed by atoms with Crippen molar-refractivity contribution in [2.75, 3.05) is 7.11 Å². The topological polar surface area (TPSA) is 52.6 Å². The second kappa shape index (κ2) is 7.56. The summed E-state index contributed by atoms with van der Waals surface area (Å²) < 4.78 is 9.45. The lowest BCUT2D eigenvalue weighted by molar-refractivity contribution is -0.147. The van der Waals surface area contributed by atoms with E-state index in [4.69, 9.17) is 4.74 Å². The highest BCUT2D eigenvalue weighted by Gasteiger charge is 2.13. The Hall–Kier alpha value is -1.84. The molecule has 4 nitrogen and oxygen atoms in total. The van der Waals surface area contributed by atoms with Crippen molar-refractivity contribution < 1.29 is 19.1 Å². The molecule has 4 heteroatoms. The molecular formula is C15H18O4. The number of hydrogen-bond acceptors (Lipinski definition) is 4. The predicted molar refractivity (Wildman–Crippen MR) is 71.0 cm³/mol. The second-order valence-corrected chi connectivity index (χ2v) is 4.19. The maximum atomic E-state index is 11.4. The number of carbonyl (C=O) groups is 2. The third-order valence-electron chi connectivity index (χ3n) is 2.71. The summed E-state index contributed by atoms with van der Waals surface area (Å²) in [6, 6.07) is 7.65. The van der Waals surface area contributed by atoms with Gasteiger partial charge in [-0.1, -0.05) is 31.2 Å². The number of carbonyl (C=O) groups excluding carboxylic acids is 2. The van der Waals surface area contributed by atoms with Gasteiger partial charge < -0.3 is 9.47 Å². The van der Waals surface area contributed by atoms with Crippen LogP contribution < -0.4 is 0 Å². The molecule has 19 heavy (non-hydrogen) atoms. The van der Waals surface area contributed by atoms with Crippen LogP contribution in [0, 0.1) is 13.5 Å². The summed E-state index contributed by atoms with van der Waals surface area (Å²) in [4.78, 5) is 22.3. The summed E-state index contributed by atoms with van der Waals surface area (Å²) in [6.45, 7) is 7.29. The van der Waals surface area contributed by atoms with Crippen molar-refractivity contribution in [2.24, 2.45) is 0 Å². The maximum absolute atomic E-state index is 11.4. The van der Waals surface area contributed by atoms with Gasteiger partial charge in [-0.25, -0.2) is 0 Å². The molecular weight excluding hydrogens is 244 g/mol. The average Bonchev–Trinajstić information content (AvgIpc) is 2.42. The van der Waals surface area contributed by atoms with Gasteiger partial charge in [-0.15, -0.1) is 0 Å². The lowest BCUT2D eigenvalue weighted by Gasteiger charge is -2.13. The molecule has 0 N–H and O–H groups in total. The van der Waals surface area contributed by atoms with E-state index in [1.54, 1.807) is 0 Å². The van der Waals surface area contributed by atoms with Gasteiger partial charge in [-0.2, -0.15) is 0 Å². The number of benzene rings is 1. The fourth-order valence-electron chi connectivity index (χ4n) is 1.59. The summed E-state index contributed by atoms with van der Waals surface area (Å²) in [5.74, 6) is -0.914. The molecule has 1 aromatic carbocycles. The maximum Gasteiger partial charge on any atom is 0.306 e. The molecule has 2 radical (unpaired) electrons. The zero-order valence-corrected chi connectivity index (χ0v) is 11.2. The smallest absolute Gasteiger partial charge is 0.306 e. The van der Waals surface area contributed by atoms with Crippen LogP contribution in [0.3, 0.4) is 0 Å². The Morgan fingerprint density at radius 3 is 2.53 bits per heavy atom. The Morgan fingerprint density at radius 1 is 1.26 bits per heavy atom. The summed E-state index contributed by atoms with van der Waals surface area (Å²) in [5.41, 5.74) is 1.90. The summed E-state index contributed by atoms with van der Waals surface area (Å²) in [5, 5.41) is 0. The minimum absolute atomic E-state index is 0.0158. The van der Waals surface area contributed by atoms with Crippen LogP contribution in [0.15, 0.2) is 24.3 Å². The zero-order valence-electron chi connectivity index (χ0n) is 11.2. The van der Waals surface area contributed by atoms with E-state index in [0.29, 0.717) is 0 Å². The molecule has 0 spiro atoms. The van der Waals surface area contributed by atoms with Gasteiger partial charge in [0.15, 0.2) is 0 Å². The van der Waals surface area contributed by atoms with E-state index in [1.807, 2.05) is 31.2 Å². The van der Waals surface area contributed by atoms with Crippen LogP contribution in [0.1, 0.15) is 36.8 Å². The van der Waals surface area contributed by atoms with Gasteiger partial charge in [0.25, 0.3) is 0 Å². The first-order valence-electron chi connectivity index (χ1n) is 6.05. The summed E-state index contributed by atoms with van der Waals surface area (Å²) in [6.07, 6.45) is 0.0470. The van der Waals surface area contributed by atoms with Gasteiger partial charge in [0.05, 0.1) is 20.0 Å². The Kier molecular flexibility index (Phi) is 6.06. The first kappa shape index (κ1) is 15.2. The van der Waals surface area contributed by atoms with Crippen molar-refractivity contribution in [2.45, 2.75) is 25.7 Å². The molecule has 0 aliphatic carbocycles. The van der Waals surface area contributed by atoms with E-state index in [1.165, 1.54) is 13.7 Å². The van der Waals surface area contributed by atoms with Crippen LogP contribution in [0.5, 0.6) is 0 Å². The van der Waals surface area contributed by atoms with Crippen LogP contribution in [-0.4, -0.2) is 19.0 Å².